The van der Waals surface area contributed by atoms with Gasteiger partial charge in [-0.1, -0.05) is 23.9 Å². The molecular weight excluding hydrogens is 408 g/mol. The molecule has 1 amide bonds. The molecule has 1 aliphatic heterocycles. The lowest BCUT2D eigenvalue weighted by molar-refractivity contribution is -0.383. The van der Waals surface area contributed by atoms with Crippen LogP contribution in [0.1, 0.15) is 33.2 Å². The Labute approximate surface area is 175 Å². The molecular formula is C19H20N6O4S. The largest absolute Gasteiger partial charge is 0.320 e. The van der Waals surface area contributed by atoms with Crippen LogP contribution < -0.4 is 10.9 Å². The van der Waals surface area contributed by atoms with E-state index in [0.717, 1.165) is 0 Å². The summed E-state index contributed by atoms with van der Waals surface area (Å²) in [5.41, 5.74) is -0.0873. The minimum absolute atomic E-state index is 0.00650. The summed E-state index contributed by atoms with van der Waals surface area (Å²) in [5.74, 6) is 0.113. The fourth-order valence-electron chi connectivity index (χ4n) is 3.43. The van der Waals surface area contributed by atoms with Crippen LogP contribution in [0.25, 0.3) is 11.0 Å². The van der Waals surface area contributed by atoms with E-state index in [-0.39, 0.29) is 28.9 Å². The summed E-state index contributed by atoms with van der Waals surface area (Å²) >= 11 is 1.41. The molecule has 1 unspecified atom stereocenters. The molecule has 2 aromatic heterocycles. The molecule has 0 radical (unpaired) electrons. The summed E-state index contributed by atoms with van der Waals surface area (Å²) in [4.78, 5) is 40.9. The topological polar surface area (TPSA) is 125 Å². The average Bonchev–Trinajstić information content (AvgIpc) is 3.27. The number of thioether (sulfide) groups is 1. The van der Waals surface area contributed by atoms with E-state index in [2.05, 4.69) is 15.4 Å². The van der Waals surface area contributed by atoms with E-state index in [1.807, 2.05) is 20.8 Å². The van der Waals surface area contributed by atoms with Gasteiger partial charge in [0, 0.05) is 18.2 Å². The highest BCUT2D eigenvalue weighted by Crippen LogP contribution is 2.34. The van der Waals surface area contributed by atoms with Crippen molar-refractivity contribution in [2.75, 3.05) is 11.1 Å². The number of nitro benzene ring substituents is 1. The van der Waals surface area contributed by atoms with Gasteiger partial charge in [0.05, 0.1) is 22.7 Å². The second-order valence-electron chi connectivity index (χ2n) is 8.03. The highest BCUT2D eigenvalue weighted by Gasteiger charge is 2.31. The number of para-hydroxylation sites is 2. The van der Waals surface area contributed by atoms with Crippen LogP contribution in [0, 0.1) is 10.1 Å². The maximum Gasteiger partial charge on any atom is 0.292 e. The highest BCUT2D eigenvalue weighted by atomic mass is 32.2. The van der Waals surface area contributed by atoms with Gasteiger partial charge >= 0.3 is 0 Å². The van der Waals surface area contributed by atoms with Gasteiger partial charge in [-0.2, -0.15) is 5.10 Å². The number of fused-ring (bicyclic) bond motifs is 2. The zero-order valence-corrected chi connectivity index (χ0v) is 17.5. The number of nitro groups is 1. The fourth-order valence-corrected chi connectivity index (χ4v) is 4.56. The number of nitrogens with zero attached hydrogens (tertiary/aromatic N) is 5. The molecule has 1 atom stereocenters. The quantitative estimate of drug-likeness (QED) is 0.385. The molecule has 0 saturated carbocycles. The number of rotatable bonds is 4. The summed E-state index contributed by atoms with van der Waals surface area (Å²) in [6.07, 6.45) is 1.52. The van der Waals surface area contributed by atoms with Crippen molar-refractivity contribution < 1.29 is 9.72 Å². The van der Waals surface area contributed by atoms with Gasteiger partial charge in [-0.15, -0.1) is 0 Å². The number of carbonyl (C=O) groups excluding carboxylic acids is 1. The van der Waals surface area contributed by atoms with Gasteiger partial charge in [0.1, 0.15) is 11.1 Å². The Hall–Kier alpha value is -3.21. The third-order valence-electron chi connectivity index (χ3n) is 4.80. The van der Waals surface area contributed by atoms with Gasteiger partial charge in [0.15, 0.2) is 10.8 Å². The van der Waals surface area contributed by atoms with Crippen LogP contribution in [-0.2, 0) is 10.3 Å². The standard InChI is InChI=1S/C19H20N6O4S/c1-19(2,3)24-16-12(9-20-24)17(27)23-11(10-30-18(23)22-16)8-15(26)21-13-6-4-5-7-14(13)25(28)29/h4-7,9,11H,8,10H2,1-3H3,(H,21,26). The molecule has 3 heterocycles. The van der Waals surface area contributed by atoms with Gasteiger partial charge in [0.2, 0.25) is 5.91 Å². The van der Waals surface area contributed by atoms with E-state index in [1.165, 1.54) is 40.7 Å². The zero-order valence-electron chi connectivity index (χ0n) is 16.7. The van der Waals surface area contributed by atoms with Crippen LogP contribution >= 0.6 is 11.8 Å². The van der Waals surface area contributed by atoms with Crippen LogP contribution in [0.15, 0.2) is 40.4 Å². The summed E-state index contributed by atoms with van der Waals surface area (Å²) in [6.45, 7) is 5.94. The van der Waals surface area contributed by atoms with E-state index < -0.39 is 16.9 Å². The number of amides is 1. The molecule has 3 aromatic rings. The molecule has 1 aliphatic rings. The van der Waals surface area contributed by atoms with E-state index in [9.17, 15) is 19.7 Å². The van der Waals surface area contributed by atoms with E-state index >= 15 is 0 Å². The van der Waals surface area contributed by atoms with E-state index in [0.29, 0.717) is 21.9 Å². The first kappa shape index (κ1) is 20.1. The number of hydrogen-bond acceptors (Lipinski definition) is 7. The Kier molecular flexibility index (Phi) is 4.85. The van der Waals surface area contributed by atoms with Crippen molar-refractivity contribution >= 4 is 40.1 Å². The molecule has 30 heavy (non-hydrogen) atoms. The van der Waals surface area contributed by atoms with Crippen molar-refractivity contribution in [3.05, 3.63) is 50.9 Å². The molecule has 1 aromatic carbocycles. The predicted molar refractivity (Wildman–Crippen MR) is 113 cm³/mol. The molecule has 4 rings (SSSR count). The molecule has 10 nitrogen and oxygen atoms in total. The molecule has 0 aliphatic carbocycles. The number of hydrogen-bond donors (Lipinski definition) is 1. The smallest absolute Gasteiger partial charge is 0.292 e. The number of aromatic nitrogens is 4. The fraction of sp³-hybridized carbons (Fsp3) is 0.368. The normalized spacial score (nSPS) is 15.9. The second kappa shape index (κ2) is 7.24. The first-order valence-electron chi connectivity index (χ1n) is 9.33. The lowest BCUT2D eigenvalue weighted by atomic mass is 10.1. The van der Waals surface area contributed by atoms with Crippen LogP contribution in [0.5, 0.6) is 0 Å². The van der Waals surface area contributed by atoms with Crippen molar-refractivity contribution in [3.63, 3.8) is 0 Å². The second-order valence-corrected chi connectivity index (χ2v) is 9.01. The minimum atomic E-state index is -0.547. The number of anilines is 1. The summed E-state index contributed by atoms with van der Waals surface area (Å²) < 4.78 is 3.25. The SMILES string of the molecule is CC(C)(C)n1ncc2c(=O)n3c(nc21)SCC3CC(=O)Nc1ccccc1[N+](=O)[O-]. The van der Waals surface area contributed by atoms with Crippen molar-refractivity contribution in [2.45, 2.75) is 43.9 Å². The average molecular weight is 428 g/mol. The number of nitrogens with one attached hydrogen (secondary N) is 1. The lowest BCUT2D eigenvalue weighted by Crippen LogP contribution is -2.29. The van der Waals surface area contributed by atoms with Crippen LogP contribution in [0.3, 0.4) is 0 Å². The summed E-state index contributed by atoms with van der Waals surface area (Å²) in [7, 11) is 0. The maximum absolute atomic E-state index is 13.1. The first-order valence-corrected chi connectivity index (χ1v) is 10.3. The minimum Gasteiger partial charge on any atom is -0.320 e. The van der Waals surface area contributed by atoms with E-state index in [4.69, 9.17) is 0 Å². The lowest BCUT2D eigenvalue weighted by Gasteiger charge is -2.20. The van der Waals surface area contributed by atoms with Gasteiger partial charge < -0.3 is 5.32 Å². The molecule has 11 heteroatoms. The van der Waals surface area contributed by atoms with Crippen molar-refractivity contribution in [1.29, 1.82) is 0 Å². The predicted octanol–water partition coefficient (Wildman–Crippen LogP) is 2.93. The Bertz CT molecular complexity index is 1230. The van der Waals surface area contributed by atoms with Gasteiger partial charge in [-0.25, -0.2) is 9.67 Å². The molecule has 0 spiro atoms. The van der Waals surface area contributed by atoms with Crippen LogP contribution in [0.2, 0.25) is 0 Å². The highest BCUT2D eigenvalue weighted by molar-refractivity contribution is 7.99. The van der Waals surface area contributed by atoms with Crippen LogP contribution in [-0.4, -0.2) is 35.9 Å². The third kappa shape index (κ3) is 3.45. The third-order valence-corrected chi connectivity index (χ3v) is 5.90. The van der Waals surface area contributed by atoms with Gasteiger partial charge in [-0.05, 0) is 26.8 Å². The zero-order chi connectivity index (χ0) is 21.6. The maximum atomic E-state index is 13.1. The molecule has 0 saturated heterocycles. The molecule has 0 bridgehead atoms. The number of carbonyl (C=O) groups is 1. The van der Waals surface area contributed by atoms with E-state index in [1.54, 1.807) is 10.7 Å². The Morgan fingerprint density at radius 1 is 1.37 bits per heavy atom. The first-order chi connectivity index (χ1) is 14.2. The van der Waals surface area contributed by atoms with Crippen LogP contribution in [0.4, 0.5) is 11.4 Å². The van der Waals surface area contributed by atoms with Gasteiger partial charge in [0.25, 0.3) is 11.2 Å². The summed E-state index contributed by atoms with van der Waals surface area (Å²) in [6, 6.07) is 5.56. The summed E-state index contributed by atoms with van der Waals surface area (Å²) in [5, 5.41) is 19.0. The monoisotopic (exact) mass is 428 g/mol. The Balaban J connectivity index is 1.62. The van der Waals surface area contributed by atoms with Crippen molar-refractivity contribution in [3.8, 4) is 0 Å². The Morgan fingerprint density at radius 3 is 2.80 bits per heavy atom. The van der Waals surface area contributed by atoms with Gasteiger partial charge in [-0.3, -0.25) is 24.3 Å². The van der Waals surface area contributed by atoms with Crippen molar-refractivity contribution in [2.24, 2.45) is 0 Å². The van der Waals surface area contributed by atoms with Crippen molar-refractivity contribution in [1.82, 2.24) is 19.3 Å². The number of benzene rings is 1. The Morgan fingerprint density at radius 2 is 2.10 bits per heavy atom. The molecule has 1 N–H and O–H groups in total. The molecule has 0 fully saturated rings. The molecule has 156 valence electrons.